The van der Waals surface area contributed by atoms with Gasteiger partial charge in [-0.2, -0.15) is 21.6 Å². The lowest BCUT2D eigenvalue weighted by atomic mass is 10.5. The first-order valence-corrected chi connectivity index (χ1v) is 5.26. The Morgan fingerprint density at radius 3 is 2.21 bits per heavy atom. The van der Waals surface area contributed by atoms with Crippen LogP contribution >= 0.6 is 0 Å². The van der Waals surface area contributed by atoms with Crippen molar-refractivity contribution in [3.05, 3.63) is 0 Å². The van der Waals surface area contributed by atoms with E-state index >= 15 is 0 Å². The summed E-state index contributed by atoms with van der Waals surface area (Å²) in [5.74, 6) is -2.30. The van der Waals surface area contributed by atoms with Gasteiger partial charge in [-0.1, -0.05) is 6.92 Å². The van der Waals surface area contributed by atoms with Gasteiger partial charge in [-0.3, -0.25) is 4.79 Å². The van der Waals surface area contributed by atoms with E-state index in [2.05, 4.69) is 4.18 Å². The van der Waals surface area contributed by atoms with Gasteiger partial charge in [0.05, 0.1) is 12.2 Å². The summed E-state index contributed by atoms with van der Waals surface area (Å²) in [7, 11) is -4.40. The number of hydrogen-bond acceptors (Lipinski definition) is 4. The SMILES string of the molecule is CCC(=O)OS(=O)(=O)CCC(F)(F)F. The molecule has 84 valence electrons. The molecule has 0 radical (unpaired) electrons. The van der Waals surface area contributed by atoms with Gasteiger partial charge in [0, 0.05) is 6.42 Å². The molecule has 0 amide bonds. The van der Waals surface area contributed by atoms with Gasteiger partial charge in [0.25, 0.3) is 0 Å². The van der Waals surface area contributed by atoms with E-state index in [-0.39, 0.29) is 6.42 Å². The molecule has 14 heavy (non-hydrogen) atoms. The maximum atomic E-state index is 11.6. The van der Waals surface area contributed by atoms with Crippen LogP contribution in [0, 0.1) is 0 Å². The van der Waals surface area contributed by atoms with Gasteiger partial charge in [-0.25, -0.2) is 0 Å². The molecule has 0 unspecified atom stereocenters. The molecule has 0 atom stereocenters. The van der Waals surface area contributed by atoms with Gasteiger partial charge >= 0.3 is 22.3 Å². The minimum absolute atomic E-state index is 0.203. The highest BCUT2D eigenvalue weighted by Crippen LogP contribution is 2.20. The van der Waals surface area contributed by atoms with Crippen LogP contribution in [0.3, 0.4) is 0 Å². The van der Waals surface area contributed by atoms with Crippen LogP contribution in [0.1, 0.15) is 19.8 Å². The fraction of sp³-hybridized carbons (Fsp3) is 0.833. The molecule has 0 bridgehead atoms. The summed E-state index contributed by atoms with van der Waals surface area (Å²) in [5, 5.41) is 0. The van der Waals surface area contributed by atoms with Crippen molar-refractivity contribution in [1.82, 2.24) is 0 Å². The molecule has 0 spiro atoms. The van der Waals surface area contributed by atoms with Crippen LogP contribution in [0.5, 0.6) is 0 Å². The van der Waals surface area contributed by atoms with Crippen LogP contribution in [0.2, 0.25) is 0 Å². The van der Waals surface area contributed by atoms with E-state index in [1.54, 1.807) is 0 Å². The minimum atomic E-state index is -4.58. The van der Waals surface area contributed by atoms with Crippen molar-refractivity contribution < 1.29 is 30.6 Å². The van der Waals surface area contributed by atoms with E-state index < -0.39 is 34.4 Å². The zero-order chi connectivity index (χ0) is 11.4. The Hall–Kier alpha value is -0.790. The highest BCUT2D eigenvalue weighted by atomic mass is 32.2. The van der Waals surface area contributed by atoms with E-state index in [0.29, 0.717) is 0 Å². The third-order valence-electron chi connectivity index (χ3n) is 1.14. The molecule has 0 aromatic heterocycles. The average Bonchev–Trinajstić information content (AvgIpc) is 1.99. The quantitative estimate of drug-likeness (QED) is 0.686. The zero-order valence-electron chi connectivity index (χ0n) is 7.30. The molecule has 0 aliphatic carbocycles. The fourth-order valence-corrected chi connectivity index (χ4v) is 1.45. The monoisotopic (exact) mass is 234 g/mol. The highest BCUT2D eigenvalue weighted by molar-refractivity contribution is 7.87. The lowest BCUT2D eigenvalue weighted by molar-refractivity contribution is -0.135. The van der Waals surface area contributed by atoms with Crippen LogP contribution in [-0.4, -0.2) is 26.3 Å². The van der Waals surface area contributed by atoms with Crippen LogP contribution in [0.15, 0.2) is 0 Å². The first kappa shape index (κ1) is 13.2. The standard InChI is InChI=1S/C6H9F3O4S/c1-2-5(10)13-14(11,12)4-3-6(7,8)9/h2-4H2,1H3. The van der Waals surface area contributed by atoms with Crippen LogP contribution in [0.25, 0.3) is 0 Å². The van der Waals surface area contributed by atoms with E-state index in [1.165, 1.54) is 6.92 Å². The summed E-state index contributed by atoms with van der Waals surface area (Å²) in [6.45, 7) is 1.33. The Morgan fingerprint density at radius 2 is 1.86 bits per heavy atom. The largest absolute Gasteiger partial charge is 0.390 e. The Balaban J connectivity index is 4.17. The first-order valence-electron chi connectivity index (χ1n) is 3.68. The van der Waals surface area contributed by atoms with Gasteiger partial charge in [0.15, 0.2) is 0 Å². The predicted octanol–water partition coefficient (Wildman–Crippen LogP) is 1.22. The van der Waals surface area contributed by atoms with Gasteiger partial charge in [-0.15, -0.1) is 0 Å². The summed E-state index contributed by atoms with van der Waals surface area (Å²) >= 11 is 0. The van der Waals surface area contributed by atoms with Gasteiger partial charge < -0.3 is 4.18 Å². The number of alkyl halides is 3. The first-order chi connectivity index (χ1) is 6.16. The topological polar surface area (TPSA) is 60.4 Å². The van der Waals surface area contributed by atoms with Crippen molar-refractivity contribution in [3.8, 4) is 0 Å². The number of rotatable bonds is 4. The Labute approximate surface area is 79.2 Å². The van der Waals surface area contributed by atoms with Crippen LogP contribution in [-0.2, 0) is 19.1 Å². The van der Waals surface area contributed by atoms with E-state index in [4.69, 9.17) is 0 Å². The van der Waals surface area contributed by atoms with Crippen molar-refractivity contribution in [2.45, 2.75) is 25.9 Å². The van der Waals surface area contributed by atoms with Gasteiger partial charge in [-0.05, 0) is 0 Å². The molecule has 0 aliphatic rings. The van der Waals surface area contributed by atoms with Crippen molar-refractivity contribution >= 4 is 16.1 Å². The molecular formula is C6H9F3O4S. The second-order valence-electron chi connectivity index (χ2n) is 2.44. The van der Waals surface area contributed by atoms with E-state index in [9.17, 15) is 26.4 Å². The van der Waals surface area contributed by atoms with Crippen molar-refractivity contribution in [2.24, 2.45) is 0 Å². The second kappa shape index (κ2) is 4.63. The van der Waals surface area contributed by atoms with E-state index in [1.807, 2.05) is 0 Å². The predicted molar refractivity (Wildman–Crippen MR) is 40.8 cm³/mol. The maximum Gasteiger partial charge on any atom is 0.390 e. The van der Waals surface area contributed by atoms with Gasteiger partial charge in [0.2, 0.25) is 0 Å². The summed E-state index contributed by atoms with van der Waals surface area (Å²) in [6, 6.07) is 0. The minimum Gasteiger partial charge on any atom is -0.346 e. The molecule has 0 fully saturated rings. The van der Waals surface area contributed by atoms with Crippen LogP contribution < -0.4 is 0 Å². The Morgan fingerprint density at radius 1 is 1.36 bits per heavy atom. The Bertz CT molecular complexity index is 293. The molecule has 0 aromatic rings. The number of hydrogen-bond donors (Lipinski definition) is 0. The summed E-state index contributed by atoms with van der Waals surface area (Å²) in [5.41, 5.74) is 0. The third kappa shape index (κ3) is 6.70. The lowest BCUT2D eigenvalue weighted by Gasteiger charge is -2.06. The molecule has 0 aliphatic heterocycles. The molecular weight excluding hydrogens is 225 g/mol. The molecule has 0 aromatic carbocycles. The van der Waals surface area contributed by atoms with E-state index in [0.717, 1.165) is 0 Å². The normalized spacial score (nSPS) is 12.6. The second-order valence-corrected chi connectivity index (χ2v) is 4.13. The number of carbonyl (C=O) groups excluding carboxylic acids is 1. The average molecular weight is 234 g/mol. The van der Waals surface area contributed by atoms with Crippen molar-refractivity contribution in [2.75, 3.05) is 5.75 Å². The summed E-state index contributed by atoms with van der Waals surface area (Å²) in [6.07, 6.45) is -6.30. The number of carbonyl (C=O) groups is 1. The molecule has 0 saturated carbocycles. The zero-order valence-corrected chi connectivity index (χ0v) is 8.11. The van der Waals surface area contributed by atoms with Crippen LogP contribution in [0.4, 0.5) is 13.2 Å². The molecule has 8 heteroatoms. The Kier molecular flexibility index (Phi) is 4.37. The molecule has 4 nitrogen and oxygen atoms in total. The molecule has 0 saturated heterocycles. The summed E-state index contributed by atoms with van der Waals surface area (Å²) < 4.78 is 60.0. The molecule has 0 N–H and O–H groups in total. The highest BCUT2D eigenvalue weighted by Gasteiger charge is 2.31. The maximum absolute atomic E-state index is 11.6. The smallest absolute Gasteiger partial charge is 0.346 e. The molecule has 0 heterocycles. The molecule has 0 rings (SSSR count). The number of halogens is 3. The third-order valence-corrected chi connectivity index (χ3v) is 2.29. The van der Waals surface area contributed by atoms with Crippen molar-refractivity contribution in [1.29, 1.82) is 0 Å². The summed E-state index contributed by atoms with van der Waals surface area (Å²) in [4.78, 5) is 10.5. The fourth-order valence-electron chi connectivity index (χ4n) is 0.483. The van der Waals surface area contributed by atoms with Gasteiger partial charge in [0.1, 0.15) is 0 Å². The lowest BCUT2D eigenvalue weighted by Crippen LogP contribution is -2.20. The van der Waals surface area contributed by atoms with Crippen molar-refractivity contribution in [3.63, 3.8) is 0 Å².